The van der Waals surface area contributed by atoms with E-state index in [0.717, 1.165) is 21.1 Å². The topological polar surface area (TPSA) is 25.8 Å². The predicted molar refractivity (Wildman–Crippen MR) is 57.0 cm³/mol. The molecular formula is C9H6BrClN2. The maximum Gasteiger partial charge on any atom is 0.224 e. The van der Waals surface area contributed by atoms with E-state index in [4.69, 9.17) is 11.6 Å². The molecule has 1 aromatic heterocycles. The lowest BCUT2D eigenvalue weighted by atomic mass is 10.2. The molecular weight excluding hydrogens is 251 g/mol. The zero-order valence-electron chi connectivity index (χ0n) is 6.88. The highest BCUT2D eigenvalue weighted by molar-refractivity contribution is 9.10. The second-order valence-corrected chi connectivity index (χ2v) is 3.89. The maximum atomic E-state index is 5.72. The molecule has 0 amide bonds. The highest BCUT2D eigenvalue weighted by atomic mass is 79.9. The van der Waals surface area contributed by atoms with E-state index in [1.807, 2.05) is 25.1 Å². The highest BCUT2D eigenvalue weighted by Crippen LogP contribution is 2.22. The monoisotopic (exact) mass is 256 g/mol. The van der Waals surface area contributed by atoms with Crippen LogP contribution in [0, 0.1) is 6.92 Å². The fourth-order valence-corrected chi connectivity index (χ4v) is 1.96. The number of halogens is 2. The van der Waals surface area contributed by atoms with Crippen LogP contribution in [0.25, 0.3) is 10.9 Å². The maximum absolute atomic E-state index is 5.72. The van der Waals surface area contributed by atoms with Crippen molar-refractivity contribution < 1.29 is 0 Å². The summed E-state index contributed by atoms with van der Waals surface area (Å²) in [6.45, 7) is 2.02. The Kier molecular flexibility index (Phi) is 2.22. The minimum Gasteiger partial charge on any atom is -0.218 e. The van der Waals surface area contributed by atoms with Crippen LogP contribution in [0.2, 0.25) is 5.28 Å². The van der Waals surface area contributed by atoms with Crippen molar-refractivity contribution in [1.29, 1.82) is 0 Å². The van der Waals surface area contributed by atoms with Gasteiger partial charge in [0.1, 0.15) is 4.60 Å². The summed E-state index contributed by atoms with van der Waals surface area (Å²) in [4.78, 5) is 8.12. The van der Waals surface area contributed by atoms with Crippen LogP contribution in [-0.2, 0) is 0 Å². The van der Waals surface area contributed by atoms with Gasteiger partial charge in [0, 0.05) is 5.39 Å². The smallest absolute Gasteiger partial charge is 0.218 e. The van der Waals surface area contributed by atoms with Crippen molar-refractivity contribution in [3.05, 3.63) is 33.6 Å². The number of benzene rings is 1. The van der Waals surface area contributed by atoms with Gasteiger partial charge in [0.25, 0.3) is 0 Å². The SMILES string of the molecule is Cc1ccc2c(Br)nc(Cl)nc2c1. The molecule has 13 heavy (non-hydrogen) atoms. The van der Waals surface area contributed by atoms with Gasteiger partial charge >= 0.3 is 0 Å². The van der Waals surface area contributed by atoms with Gasteiger partial charge < -0.3 is 0 Å². The van der Waals surface area contributed by atoms with Crippen molar-refractivity contribution in [2.24, 2.45) is 0 Å². The average molecular weight is 258 g/mol. The molecule has 0 aliphatic carbocycles. The minimum atomic E-state index is 0.268. The molecule has 2 rings (SSSR count). The standard InChI is InChI=1S/C9H6BrClN2/c1-5-2-3-6-7(4-5)12-9(11)13-8(6)10/h2-4H,1H3. The molecule has 4 heteroatoms. The van der Waals surface area contributed by atoms with Crippen LogP contribution in [0.15, 0.2) is 22.8 Å². The van der Waals surface area contributed by atoms with Crippen LogP contribution in [0.5, 0.6) is 0 Å². The normalized spacial score (nSPS) is 10.7. The molecule has 1 aromatic carbocycles. The fraction of sp³-hybridized carbons (Fsp3) is 0.111. The Morgan fingerprint density at radius 3 is 2.85 bits per heavy atom. The van der Waals surface area contributed by atoms with E-state index in [2.05, 4.69) is 25.9 Å². The van der Waals surface area contributed by atoms with E-state index < -0.39 is 0 Å². The first-order valence-electron chi connectivity index (χ1n) is 3.76. The lowest BCUT2D eigenvalue weighted by molar-refractivity contribution is 1.19. The first-order valence-corrected chi connectivity index (χ1v) is 4.93. The van der Waals surface area contributed by atoms with E-state index in [0.29, 0.717) is 0 Å². The third kappa shape index (κ3) is 1.67. The largest absolute Gasteiger partial charge is 0.224 e. The Balaban J connectivity index is 2.86. The molecule has 0 saturated carbocycles. The summed E-state index contributed by atoms with van der Waals surface area (Å²) < 4.78 is 0.738. The molecule has 0 fully saturated rings. The molecule has 2 nitrogen and oxygen atoms in total. The Morgan fingerprint density at radius 2 is 2.08 bits per heavy atom. The summed E-state index contributed by atoms with van der Waals surface area (Å²) in [5.41, 5.74) is 2.03. The molecule has 0 saturated heterocycles. The van der Waals surface area contributed by atoms with Crippen molar-refractivity contribution in [3.63, 3.8) is 0 Å². The zero-order chi connectivity index (χ0) is 9.42. The number of fused-ring (bicyclic) bond motifs is 1. The van der Waals surface area contributed by atoms with Crippen LogP contribution in [0.3, 0.4) is 0 Å². The molecule has 0 radical (unpaired) electrons. The van der Waals surface area contributed by atoms with E-state index in [1.165, 1.54) is 0 Å². The average Bonchev–Trinajstić information content (AvgIpc) is 2.02. The number of rotatable bonds is 0. The van der Waals surface area contributed by atoms with Gasteiger partial charge in [-0.15, -0.1) is 0 Å². The lowest BCUT2D eigenvalue weighted by Crippen LogP contribution is -1.87. The fourth-order valence-electron chi connectivity index (χ4n) is 1.17. The lowest BCUT2D eigenvalue weighted by Gasteiger charge is -2.00. The summed E-state index contributed by atoms with van der Waals surface area (Å²) in [5.74, 6) is 0. The van der Waals surface area contributed by atoms with E-state index in [1.54, 1.807) is 0 Å². The molecule has 0 spiro atoms. The summed E-state index contributed by atoms with van der Waals surface area (Å²) in [6.07, 6.45) is 0. The van der Waals surface area contributed by atoms with Gasteiger partial charge in [-0.1, -0.05) is 6.07 Å². The van der Waals surface area contributed by atoms with Crippen molar-refractivity contribution in [2.45, 2.75) is 6.92 Å². The van der Waals surface area contributed by atoms with Gasteiger partial charge in [-0.05, 0) is 52.2 Å². The number of hydrogen-bond donors (Lipinski definition) is 0. The zero-order valence-corrected chi connectivity index (χ0v) is 9.22. The third-order valence-electron chi connectivity index (χ3n) is 1.78. The van der Waals surface area contributed by atoms with Gasteiger partial charge in [0.05, 0.1) is 5.52 Å². The van der Waals surface area contributed by atoms with E-state index in [9.17, 15) is 0 Å². The number of aryl methyl sites for hydroxylation is 1. The second-order valence-electron chi connectivity index (χ2n) is 2.80. The van der Waals surface area contributed by atoms with Crippen molar-refractivity contribution in [1.82, 2.24) is 9.97 Å². The molecule has 66 valence electrons. The second kappa shape index (κ2) is 3.24. The Bertz CT molecular complexity index is 465. The molecule has 0 bridgehead atoms. The van der Waals surface area contributed by atoms with Crippen LogP contribution < -0.4 is 0 Å². The Morgan fingerprint density at radius 1 is 1.31 bits per heavy atom. The van der Waals surface area contributed by atoms with Crippen LogP contribution >= 0.6 is 27.5 Å². The van der Waals surface area contributed by atoms with Crippen LogP contribution in [0.1, 0.15) is 5.56 Å². The summed E-state index contributed by atoms with van der Waals surface area (Å²) in [5, 5.41) is 1.25. The minimum absolute atomic E-state index is 0.268. The quantitative estimate of drug-likeness (QED) is 0.534. The van der Waals surface area contributed by atoms with Crippen molar-refractivity contribution in [3.8, 4) is 0 Å². The predicted octanol–water partition coefficient (Wildman–Crippen LogP) is 3.35. The molecule has 1 heterocycles. The van der Waals surface area contributed by atoms with Crippen molar-refractivity contribution in [2.75, 3.05) is 0 Å². The Hall–Kier alpha value is -0.670. The van der Waals surface area contributed by atoms with Gasteiger partial charge in [0.15, 0.2) is 0 Å². The summed E-state index contributed by atoms with van der Waals surface area (Å²) >= 11 is 9.06. The van der Waals surface area contributed by atoms with Gasteiger partial charge in [-0.3, -0.25) is 0 Å². The molecule has 0 aliphatic rings. The first-order chi connectivity index (χ1) is 6.16. The Labute approximate surface area is 89.1 Å². The summed E-state index contributed by atoms with van der Waals surface area (Å²) in [6, 6.07) is 5.98. The number of nitrogens with zero attached hydrogens (tertiary/aromatic N) is 2. The molecule has 0 atom stereocenters. The number of hydrogen-bond acceptors (Lipinski definition) is 2. The molecule has 0 unspecified atom stereocenters. The summed E-state index contributed by atoms with van der Waals surface area (Å²) in [7, 11) is 0. The van der Waals surface area contributed by atoms with E-state index >= 15 is 0 Å². The third-order valence-corrected chi connectivity index (χ3v) is 2.55. The van der Waals surface area contributed by atoms with Crippen LogP contribution in [0.4, 0.5) is 0 Å². The van der Waals surface area contributed by atoms with Crippen LogP contribution in [-0.4, -0.2) is 9.97 Å². The van der Waals surface area contributed by atoms with Crippen molar-refractivity contribution >= 4 is 38.4 Å². The number of aromatic nitrogens is 2. The first kappa shape index (κ1) is 8.91. The van der Waals surface area contributed by atoms with Gasteiger partial charge in [-0.25, -0.2) is 9.97 Å². The van der Waals surface area contributed by atoms with Gasteiger partial charge in [-0.2, -0.15) is 0 Å². The van der Waals surface area contributed by atoms with Gasteiger partial charge in [0.2, 0.25) is 5.28 Å². The van der Waals surface area contributed by atoms with E-state index in [-0.39, 0.29) is 5.28 Å². The highest BCUT2D eigenvalue weighted by Gasteiger charge is 2.03. The molecule has 0 N–H and O–H groups in total. The molecule has 0 aliphatic heterocycles. The molecule has 2 aromatic rings.